The standard InChI is InChI=1S/C33H40Cl2N6O4/c1-20-16-22(17-21(2)25(20)18-38(6)32(44)45-33(3,4)5)30(42)39-13-10-23(11-14-39)40-15-12-28(31(40)43)41-19-27(36-37-41)24-8-7-9-26(34)29(24)35/h7-9,16-17,19,23,28H,10-15,18H2,1-6H3. The second kappa shape index (κ2) is 13.0. The second-order valence-corrected chi connectivity index (χ2v) is 13.8. The monoisotopic (exact) mass is 654 g/mol. The number of aryl methyl sites for hydroxylation is 2. The molecule has 3 amide bonds. The molecule has 1 unspecified atom stereocenters. The van der Waals surface area contributed by atoms with Gasteiger partial charge >= 0.3 is 6.09 Å². The molecule has 12 heteroatoms. The van der Waals surface area contributed by atoms with Gasteiger partial charge in [0, 0.05) is 50.4 Å². The molecule has 2 aromatic carbocycles. The van der Waals surface area contributed by atoms with Crippen molar-refractivity contribution in [3.63, 3.8) is 0 Å². The van der Waals surface area contributed by atoms with Crippen molar-refractivity contribution in [2.45, 2.75) is 78.1 Å². The molecule has 3 heterocycles. The predicted molar refractivity (Wildman–Crippen MR) is 173 cm³/mol. The van der Waals surface area contributed by atoms with E-state index in [2.05, 4.69) is 10.3 Å². The zero-order valence-electron chi connectivity index (χ0n) is 26.6. The van der Waals surface area contributed by atoms with Gasteiger partial charge in [-0.25, -0.2) is 9.48 Å². The molecule has 3 aromatic rings. The molecule has 1 atom stereocenters. The number of ether oxygens (including phenoxy) is 1. The first-order valence-electron chi connectivity index (χ1n) is 15.2. The molecule has 240 valence electrons. The van der Waals surface area contributed by atoms with Crippen LogP contribution in [-0.4, -0.2) is 85.9 Å². The van der Waals surface area contributed by atoms with Crippen LogP contribution in [0.15, 0.2) is 36.5 Å². The average Bonchev–Trinajstić information content (AvgIpc) is 3.61. The Hall–Kier alpha value is -3.63. The maximum absolute atomic E-state index is 13.5. The maximum atomic E-state index is 13.5. The van der Waals surface area contributed by atoms with E-state index in [9.17, 15) is 14.4 Å². The molecule has 0 N–H and O–H groups in total. The molecule has 2 saturated heterocycles. The SMILES string of the molecule is Cc1cc(C(=O)N2CCC(N3CCC(n4cc(-c5cccc(Cl)c5Cl)nn4)C3=O)CC2)cc(C)c1CN(C)C(=O)OC(C)(C)C. The molecule has 0 saturated carbocycles. The molecule has 0 radical (unpaired) electrons. The summed E-state index contributed by atoms with van der Waals surface area (Å²) in [4.78, 5) is 44.8. The zero-order valence-corrected chi connectivity index (χ0v) is 28.2. The van der Waals surface area contributed by atoms with E-state index >= 15 is 0 Å². The average molecular weight is 656 g/mol. The van der Waals surface area contributed by atoms with Crippen molar-refractivity contribution in [3.8, 4) is 11.3 Å². The minimum atomic E-state index is -0.572. The molecular formula is C33H40Cl2N6O4. The van der Waals surface area contributed by atoms with E-state index in [1.54, 1.807) is 35.0 Å². The molecule has 5 rings (SSSR count). The van der Waals surface area contributed by atoms with Crippen LogP contribution >= 0.6 is 23.2 Å². The number of carbonyl (C=O) groups is 3. The fourth-order valence-corrected chi connectivity index (χ4v) is 6.52. The van der Waals surface area contributed by atoms with E-state index in [1.807, 2.05) is 62.6 Å². The summed E-state index contributed by atoms with van der Waals surface area (Å²) in [5.41, 5.74) is 4.19. The van der Waals surface area contributed by atoms with Gasteiger partial charge in [0.15, 0.2) is 0 Å². The molecule has 2 aliphatic rings. The van der Waals surface area contributed by atoms with Crippen molar-refractivity contribution in [2.24, 2.45) is 0 Å². The minimum absolute atomic E-state index is 0.0200. The van der Waals surface area contributed by atoms with Crippen LogP contribution in [-0.2, 0) is 16.1 Å². The maximum Gasteiger partial charge on any atom is 0.410 e. The number of aromatic nitrogens is 3. The summed E-state index contributed by atoms with van der Waals surface area (Å²) < 4.78 is 7.10. The number of halogens is 2. The normalized spacial score (nSPS) is 17.6. The van der Waals surface area contributed by atoms with Gasteiger partial charge in [-0.1, -0.05) is 40.5 Å². The summed E-state index contributed by atoms with van der Waals surface area (Å²) >= 11 is 12.5. The van der Waals surface area contributed by atoms with Gasteiger partial charge in [0.1, 0.15) is 17.3 Å². The molecule has 0 bridgehead atoms. The molecule has 10 nitrogen and oxygen atoms in total. The lowest BCUT2D eigenvalue weighted by atomic mass is 9.97. The highest BCUT2D eigenvalue weighted by molar-refractivity contribution is 6.43. The fraction of sp³-hybridized carbons (Fsp3) is 0.485. The van der Waals surface area contributed by atoms with E-state index < -0.39 is 11.6 Å². The topological polar surface area (TPSA) is 101 Å². The molecule has 2 aliphatic heterocycles. The highest BCUT2D eigenvalue weighted by Gasteiger charge is 2.39. The number of amides is 3. The van der Waals surface area contributed by atoms with Crippen LogP contribution < -0.4 is 0 Å². The van der Waals surface area contributed by atoms with Crippen molar-refractivity contribution in [1.82, 2.24) is 29.7 Å². The van der Waals surface area contributed by atoms with Gasteiger partial charge in [-0.05, 0) is 88.8 Å². The van der Waals surface area contributed by atoms with Gasteiger partial charge in [0.05, 0.1) is 16.2 Å². The van der Waals surface area contributed by atoms with Gasteiger partial charge in [0.25, 0.3) is 5.91 Å². The number of benzene rings is 2. The number of likely N-dealkylation sites (tertiary alicyclic amines) is 2. The summed E-state index contributed by atoms with van der Waals surface area (Å²) in [5, 5.41) is 9.32. The van der Waals surface area contributed by atoms with Crippen LogP contribution in [0.2, 0.25) is 10.0 Å². The van der Waals surface area contributed by atoms with Crippen molar-refractivity contribution in [1.29, 1.82) is 0 Å². The van der Waals surface area contributed by atoms with Crippen LogP contribution in [0.1, 0.15) is 73.1 Å². The number of piperidine rings is 1. The molecular weight excluding hydrogens is 615 g/mol. The Balaban J connectivity index is 1.18. The molecule has 1 aromatic heterocycles. The second-order valence-electron chi connectivity index (χ2n) is 13.0. The number of hydrogen-bond donors (Lipinski definition) is 0. The Morgan fingerprint density at radius 3 is 2.36 bits per heavy atom. The highest BCUT2D eigenvalue weighted by Crippen LogP contribution is 2.34. The van der Waals surface area contributed by atoms with Gasteiger partial charge in [0.2, 0.25) is 5.91 Å². The first-order valence-corrected chi connectivity index (χ1v) is 16.0. The van der Waals surface area contributed by atoms with Crippen LogP contribution in [0.3, 0.4) is 0 Å². The molecule has 0 aliphatic carbocycles. The van der Waals surface area contributed by atoms with E-state index in [0.717, 1.165) is 16.7 Å². The quantitative estimate of drug-likeness (QED) is 0.309. The van der Waals surface area contributed by atoms with Gasteiger partial charge in [-0.2, -0.15) is 0 Å². The number of nitrogens with zero attached hydrogens (tertiary/aromatic N) is 6. The fourth-order valence-electron chi connectivity index (χ4n) is 6.12. The lowest BCUT2D eigenvalue weighted by Gasteiger charge is -2.37. The van der Waals surface area contributed by atoms with Crippen LogP contribution in [0.4, 0.5) is 4.79 Å². The van der Waals surface area contributed by atoms with Crippen molar-refractivity contribution >= 4 is 41.1 Å². The summed E-state index contributed by atoms with van der Waals surface area (Å²) in [6.45, 7) is 11.6. The Morgan fingerprint density at radius 2 is 1.71 bits per heavy atom. The first-order chi connectivity index (χ1) is 21.2. The van der Waals surface area contributed by atoms with Crippen LogP contribution in [0.5, 0.6) is 0 Å². The van der Waals surface area contributed by atoms with Crippen molar-refractivity contribution < 1.29 is 19.1 Å². The van der Waals surface area contributed by atoms with Crippen LogP contribution in [0, 0.1) is 13.8 Å². The first kappa shape index (κ1) is 32.8. The van der Waals surface area contributed by atoms with Gasteiger partial charge in [-0.3, -0.25) is 9.59 Å². The third-order valence-electron chi connectivity index (χ3n) is 8.50. The zero-order chi connectivity index (χ0) is 32.6. The number of carbonyl (C=O) groups excluding carboxylic acids is 3. The highest BCUT2D eigenvalue weighted by atomic mass is 35.5. The van der Waals surface area contributed by atoms with Crippen molar-refractivity contribution in [3.05, 3.63) is 68.8 Å². The van der Waals surface area contributed by atoms with E-state index in [-0.39, 0.29) is 23.9 Å². The lowest BCUT2D eigenvalue weighted by Crippen LogP contribution is -2.47. The summed E-state index contributed by atoms with van der Waals surface area (Å²) in [7, 11) is 1.71. The minimum Gasteiger partial charge on any atom is -0.444 e. The molecule has 0 spiro atoms. The third-order valence-corrected chi connectivity index (χ3v) is 9.32. The van der Waals surface area contributed by atoms with E-state index in [1.165, 1.54) is 0 Å². The molecule has 2 fully saturated rings. The van der Waals surface area contributed by atoms with Crippen molar-refractivity contribution in [2.75, 3.05) is 26.7 Å². The summed E-state index contributed by atoms with van der Waals surface area (Å²) in [5.74, 6) is -0.00116. The Bertz CT molecular complexity index is 1590. The lowest BCUT2D eigenvalue weighted by molar-refractivity contribution is -0.133. The predicted octanol–water partition coefficient (Wildman–Crippen LogP) is 6.31. The summed E-state index contributed by atoms with van der Waals surface area (Å²) in [6, 6.07) is 8.77. The summed E-state index contributed by atoms with van der Waals surface area (Å²) in [6.07, 6.45) is 3.41. The Kier molecular flexibility index (Phi) is 9.46. The smallest absolute Gasteiger partial charge is 0.410 e. The number of hydrogen-bond acceptors (Lipinski definition) is 6. The third kappa shape index (κ3) is 7.12. The van der Waals surface area contributed by atoms with Crippen LogP contribution in [0.25, 0.3) is 11.3 Å². The van der Waals surface area contributed by atoms with Gasteiger partial charge in [-0.15, -0.1) is 5.10 Å². The largest absolute Gasteiger partial charge is 0.444 e. The molecule has 45 heavy (non-hydrogen) atoms. The Morgan fingerprint density at radius 1 is 1.04 bits per heavy atom. The van der Waals surface area contributed by atoms with Gasteiger partial charge < -0.3 is 19.4 Å². The van der Waals surface area contributed by atoms with E-state index in [0.29, 0.717) is 72.3 Å². The number of rotatable bonds is 6. The van der Waals surface area contributed by atoms with E-state index in [4.69, 9.17) is 27.9 Å². The Labute approximate surface area is 274 Å².